The van der Waals surface area contributed by atoms with Crippen LogP contribution in [-0.4, -0.2) is 30.8 Å². The minimum Gasteiger partial charge on any atom is -0.496 e. The van der Waals surface area contributed by atoms with Crippen molar-refractivity contribution in [3.05, 3.63) is 35.9 Å². The number of carbonyl (C=O) groups excluding carboxylic acids is 1. The third kappa shape index (κ3) is 4.41. The van der Waals surface area contributed by atoms with E-state index in [0.29, 0.717) is 6.42 Å². The average Bonchev–Trinajstić information content (AvgIpc) is 2.44. The first kappa shape index (κ1) is 15.2. The standard InChI is InChI=1S/C15H21NO3/c1-4-12(10-17)16-15(18)9-11(2)13-7-5-6-8-14(13)19-3/h5-9,12,17H,4,10H2,1-3H3,(H,16,18)/b11-9-. The molecule has 0 aliphatic carbocycles. The maximum absolute atomic E-state index is 11.8. The molecule has 0 spiro atoms. The maximum Gasteiger partial charge on any atom is 0.244 e. The number of methoxy groups -OCH3 is 1. The van der Waals surface area contributed by atoms with Crippen LogP contribution in [0, 0.1) is 0 Å². The van der Waals surface area contributed by atoms with E-state index >= 15 is 0 Å². The van der Waals surface area contributed by atoms with Gasteiger partial charge in [-0.2, -0.15) is 0 Å². The lowest BCUT2D eigenvalue weighted by Crippen LogP contribution is -2.35. The zero-order chi connectivity index (χ0) is 14.3. The number of nitrogens with one attached hydrogen (secondary N) is 1. The van der Waals surface area contributed by atoms with E-state index < -0.39 is 0 Å². The first-order valence-corrected chi connectivity index (χ1v) is 6.35. The molecule has 1 amide bonds. The molecule has 0 aromatic heterocycles. The lowest BCUT2D eigenvalue weighted by atomic mass is 10.1. The summed E-state index contributed by atoms with van der Waals surface area (Å²) >= 11 is 0. The number of aliphatic hydroxyl groups excluding tert-OH is 1. The molecule has 2 N–H and O–H groups in total. The fourth-order valence-corrected chi connectivity index (χ4v) is 1.76. The summed E-state index contributed by atoms with van der Waals surface area (Å²) < 4.78 is 5.26. The summed E-state index contributed by atoms with van der Waals surface area (Å²) in [4.78, 5) is 11.8. The molecule has 0 saturated carbocycles. The Bertz CT molecular complexity index is 450. The van der Waals surface area contributed by atoms with Gasteiger partial charge in [0.05, 0.1) is 19.8 Å². The minimum absolute atomic E-state index is 0.0518. The van der Waals surface area contributed by atoms with Crippen molar-refractivity contribution in [1.29, 1.82) is 0 Å². The van der Waals surface area contributed by atoms with Gasteiger partial charge in [0, 0.05) is 11.6 Å². The molecule has 0 aliphatic heterocycles. The van der Waals surface area contributed by atoms with E-state index in [2.05, 4.69) is 5.32 Å². The molecule has 1 atom stereocenters. The van der Waals surface area contributed by atoms with Crippen LogP contribution in [0.1, 0.15) is 25.8 Å². The second kappa shape index (κ2) is 7.59. The fraction of sp³-hybridized carbons (Fsp3) is 0.400. The van der Waals surface area contributed by atoms with E-state index in [4.69, 9.17) is 9.84 Å². The van der Waals surface area contributed by atoms with Gasteiger partial charge in [0.15, 0.2) is 0 Å². The highest BCUT2D eigenvalue weighted by molar-refractivity contribution is 5.95. The Kier molecular flexibility index (Phi) is 6.09. The van der Waals surface area contributed by atoms with Gasteiger partial charge in [-0.15, -0.1) is 0 Å². The summed E-state index contributed by atoms with van der Waals surface area (Å²) in [5.74, 6) is 0.530. The van der Waals surface area contributed by atoms with Crippen LogP contribution in [0.2, 0.25) is 0 Å². The monoisotopic (exact) mass is 263 g/mol. The smallest absolute Gasteiger partial charge is 0.244 e. The van der Waals surface area contributed by atoms with Crippen molar-refractivity contribution >= 4 is 11.5 Å². The van der Waals surface area contributed by atoms with Crippen LogP contribution in [0.15, 0.2) is 30.3 Å². The van der Waals surface area contributed by atoms with E-state index in [9.17, 15) is 4.79 Å². The molecule has 1 aromatic carbocycles. The van der Waals surface area contributed by atoms with E-state index in [0.717, 1.165) is 16.9 Å². The molecule has 4 nitrogen and oxygen atoms in total. The van der Waals surface area contributed by atoms with Crippen molar-refractivity contribution in [3.8, 4) is 5.75 Å². The molecule has 1 aromatic rings. The van der Waals surface area contributed by atoms with Crippen LogP contribution in [0.25, 0.3) is 5.57 Å². The van der Waals surface area contributed by atoms with Gasteiger partial charge in [-0.25, -0.2) is 0 Å². The van der Waals surface area contributed by atoms with Crippen LogP contribution in [0.3, 0.4) is 0 Å². The van der Waals surface area contributed by atoms with Gasteiger partial charge in [-0.1, -0.05) is 25.1 Å². The number of para-hydroxylation sites is 1. The molecule has 19 heavy (non-hydrogen) atoms. The normalized spacial score (nSPS) is 12.9. The van der Waals surface area contributed by atoms with Gasteiger partial charge < -0.3 is 15.2 Å². The number of allylic oxidation sites excluding steroid dienone is 1. The molecule has 0 bridgehead atoms. The Labute approximate surface area is 114 Å². The van der Waals surface area contributed by atoms with Gasteiger partial charge in [-0.05, 0) is 25.0 Å². The van der Waals surface area contributed by atoms with Crippen molar-refractivity contribution in [1.82, 2.24) is 5.32 Å². The number of carbonyl (C=O) groups is 1. The van der Waals surface area contributed by atoms with Gasteiger partial charge in [-0.3, -0.25) is 4.79 Å². The SMILES string of the molecule is CCC(CO)NC(=O)/C=C(/C)c1ccccc1OC. The van der Waals surface area contributed by atoms with Crippen LogP contribution < -0.4 is 10.1 Å². The molecule has 0 fully saturated rings. The lowest BCUT2D eigenvalue weighted by Gasteiger charge is -2.13. The highest BCUT2D eigenvalue weighted by atomic mass is 16.5. The molecule has 1 unspecified atom stereocenters. The van der Waals surface area contributed by atoms with E-state index in [1.54, 1.807) is 7.11 Å². The van der Waals surface area contributed by atoms with E-state index in [1.807, 2.05) is 38.1 Å². The van der Waals surface area contributed by atoms with Gasteiger partial charge >= 0.3 is 0 Å². The van der Waals surface area contributed by atoms with Gasteiger partial charge in [0.2, 0.25) is 5.91 Å². The second-order valence-electron chi connectivity index (χ2n) is 4.32. The minimum atomic E-state index is -0.204. The molecule has 0 radical (unpaired) electrons. The maximum atomic E-state index is 11.8. The third-order valence-electron chi connectivity index (χ3n) is 2.94. The van der Waals surface area contributed by atoms with Crippen LogP contribution in [-0.2, 0) is 4.79 Å². The topological polar surface area (TPSA) is 58.6 Å². The Morgan fingerprint density at radius 2 is 2.16 bits per heavy atom. The predicted molar refractivity (Wildman–Crippen MR) is 76.0 cm³/mol. The van der Waals surface area contributed by atoms with Gasteiger partial charge in [0.1, 0.15) is 5.75 Å². The summed E-state index contributed by atoms with van der Waals surface area (Å²) in [5, 5.41) is 11.8. The zero-order valence-electron chi connectivity index (χ0n) is 11.6. The number of amides is 1. The Hall–Kier alpha value is -1.81. The van der Waals surface area contributed by atoms with Crippen molar-refractivity contribution in [2.24, 2.45) is 0 Å². The molecule has 0 saturated heterocycles. The van der Waals surface area contributed by atoms with Crippen molar-refractivity contribution in [3.63, 3.8) is 0 Å². The van der Waals surface area contributed by atoms with Crippen molar-refractivity contribution in [2.45, 2.75) is 26.3 Å². The molecule has 104 valence electrons. The summed E-state index contributed by atoms with van der Waals surface area (Å²) in [6.45, 7) is 3.72. The number of ether oxygens (including phenoxy) is 1. The second-order valence-corrected chi connectivity index (χ2v) is 4.32. The van der Waals surface area contributed by atoms with Crippen LogP contribution >= 0.6 is 0 Å². The van der Waals surface area contributed by atoms with Crippen molar-refractivity contribution < 1.29 is 14.6 Å². The predicted octanol–water partition coefficient (Wildman–Crippen LogP) is 1.99. The molecular formula is C15H21NO3. The largest absolute Gasteiger partial charge is 0.496 e. The zero-order valence-corrected chi connectivity index (χ0v) is 11.6. The number of hydrogen-bond donors (Lipinski definition) is 2. The third-order valence-corrected chi connectivity index (χ3v) is 2.94. The van der Waals surface area contributed by atoms with Crippen LogP contribution in [0.4, 0.5) is 0 Å². The number of rotatable bonds is 6. The molecule has 0 aliphatic rings. The summed E-state index contributed by atoms with van der Waals surface area (Å²) in [6, 6.07) is 7.34. The molecule has 1 rings (SSSR count). The molecule has 0 heterocycles. The summed E-state index contributed by atoms with van der Waals surface area (Å²) in [7, 11) is 1.60. The fourth-order valence-electron chi connectivity index (χ4n) is 1.76. The van der Waals surface area contributed by atoms with Crippen LogP contribution in [0.5, 0.6) is 5.75 Å². The van der Waals surface area contributed by atoms with E-state index in [-0.39, 0.29) is 18.6 Å². The quantitative estimate of drug-likeness (QED) is 0.772. The highest BCUT2D eigenvalue weighted by Gasteiger charge is 2.09. The van der Waals surface area contributed by atoms with Gasteiger partial charge in [0.25, 0.3) is 0 Å². The highest BCUT2D eigenvalue weighted by Crippen LogP contribution is 2.24. The first-order valence-electron chi connectivity index (χ1n) is 6.35. The Morgan fingerprint density at radius 1 is 1.47 bits per heavy atom. The summed E-state index contributed by atoms with van der Waals surface area (Å²) in [6.07, 6.45) is 2.22. The Morgan fingerprint density at radius 3 is 2.74 bits per heavy atom. The average molecular weight is 263 g/mol. The Balaban J connectivity index is 2.83. The first-order chi connectivity index (χ1) is 9.12. The molecule has 4 heteroatoms. The summed E-state index contributed by atoms with van der Waals surface area (Å²) in [5.41, 5.74) is 1.71. The molecular weight excluding hydrogens is 242 g/mol. The van der Waals surface area contributed by atoms with Crippen molar-refractivity contribution in [2.75, 3.05) is 13.7 Å². The lowest BCUT2D eigenvalue weighted by molar-refractivity contribution is -0.117. The number of hydrogen-bond acceptors (Lipinski definition) is 3. The number of aliphatic hydroxyl groups is 1. The van der Waals surface area contributed by atoms with E-state index in [1.165, 1.54) is 6.08 Å². The number of benzene rings is 1.